The number of rotatable bonds is 5. The van der Waals surface area contributed by atoms with Gasteiger partial charge in [-0.05, 0) is 60.7 Å². The van der Waals surface area contributed by atoms with Gasteiger partial charge in [0.2, 0.25) is 5.91 Å². The van der Waals surface area contributed by atoms with Gasteiger partial charge in [0, 0.05) is 13.1 Å². The summed E-state index contributed by atoms with van der Waals surface area (Å²) in [5.74, 6) is 1.90. The van der Waals surface area contributed by atoms with Crippen LogP contribution >= 0.6 is 11.3 Å². The summed E-state index contributed by atoms with van der Waals surface area (Å²) in [6, 6.07) is 9.70. The molecule has 1 aromatic carbocycles. The summed E-state index contributed by atoms with van der Waals surface area (Å²) in [6.07, 6.45) is 3.91. The molecule has 2 aliphatic heterocycles. The Morgan fingerprint density at radius 2 is 1.93 bits per heavy atom. The van der Waals surface area contributed by atoms with E-state index in [2.05, 4.69) is 5.32 Å². The second-order valence-electron chi connectivity index (χ2n) is 8.29. The van der Waals surface area contributed by atoms with Gasteiger partial charge in [0.15, 0.2) is 11.5 Å². The molecule has 6 nitrogen and oxygen atoms in total. The van der Waals surface area contributed by atoms with Gasteiger partial charge in [-0.3, -0.25) is 9.59 Å². The van der Waals surface area contributed by atoms with E-state index >= 15 is 0 Å². The molecule has 1 aliphatic carbocycles. The Hall–Kier alpha value is -2.54. The molecule has 0 spiro atoms. The van der Waals surface area contributed by atoms with Crippen LogP contribution < -0.4 is 14.8 Å². The van der Waals surface area contributed by atoms with Gasteiger partial charge in [0.05, 0.1) is 16.8 Å². The molecule has 3 aliphatic rings. The number of hydrogen-bond donors (Lipinski definition) is 1. The van der Waals surface area contributed by atoms with Crippen molar-refractivity contribution < 1.29 is 19.1 Å². The first-order valence-electron chi connectivity index (χ1n) is 10.7. The molecule has 1 aromatic heterocycles. The highest BCUT2D eigenvalue weighted by atomic mass is 32.1. The monoisotopic (exact) mass is 426 g/mol. The summed E-state index contributed by atoms with van der Waals surface area (Å²) >= 11 is 1.45. The number of fused-ring (bicyclic) bond motifs is 1. The number of ether oxygens (including phenoxy) is 2. The lowest BCUT2D eigenvalue weighted by atomic mass is 9.95. The minimum atomic E-state index is -0.166. The predicted octanol–water partition coefficient (Wildman–Crippen LogP) is 3.64. The van der Waals surface area contributed by atoms with Crippen molar-refractivity contribution in [2.24, 2.45) is 11.8 Å². The summed E-state index contributed by atoms with van der Waals surface area (Å²) < 4.78 is 11.4. The van der Waals surface area contributed by atoms with Gasteiger partial charge >= 0.3 is 0 Å². The molecule has 3 heterocycles. The van der Waals surface area contributed by atoms with Crippen LogP contribution in [0, 0.1) is 11.8 Å². The van der Waals surface area contributed by atoms with Gasteiger partial charge in [-0.2, -0.15) is 0 Å². The maximum absolute atomic E-state index is 13.2. The molecule has 2 aromatic rings. The van der Waals surface area contributed by atoms with Crippen LogP contribution in [0.1, 0.15) is 47.0 Å². The third-order valence-corrected chi connectivity index (χ3v) is 6.99. The summed E-state index contributed by atoms with van der Waals surface area (Å²) in [5.41, 5.74) is 1.07. The van der Waals surface area contributed by atoms with Gasteiger partial charge in [-0.25, -0.2) is 0 Å². The quantitative estimate of drug-likeness (QED) is 0.793. The second kappa shape index (κ2) is 8.30. The zero-order valence-corrected chi connectivity index (χ0v) is 17.7. The first kappa shape index (κ1) is 19.4. The van der Waals surface area contributed by atoms with Crippen molar-refractivity contribution in [1.29, 1.82) is 0 Å². The standard InChI is InChI=1S/C23H26N2O4S/c26-22(17-3-1-9-25(14-17)23(27)20-4-2-12-30-20)24-21(15-5-6-15)16-7-8-18-19(13-16)29-11-10-28-18/h2,4,7-8,12-13,15,17,21H,1,3,5-6,9-11,14H2,(H,24,26). The van der Waals surface area contributed by atoms with E-state index in [0.717, 1.165) is 47.6 Å². The molecule has 0 bridgehead atoms. The molecule has 30 heavy (non-hydrogen) atoms. The molecular formula is C23H26N2O4S. The highest BCUT2D eigenvalue weighted by molar-refractivity contribution is 7.12. The van der Waals surface area contributed by atoms with Gasteiger partial charge in [0.1, 0.15) is 13.2 Å². The van der Waals surface area contributed by atoms with E-state index in [0.29, 0.717) is 32.2 Å². The zero-order valence-electron chi connectivity index (χ0n) is 16.8. The largest absolute Gasteiger partial charge is 0.486 e. The van der Waals surface area contributed by atoms with Crippen LogP contribution in [0.15, 0.2) is 35.7 Å². The molecule has 0 radical (unpaired) electrons. The van der Waals surface area contributed by atoms with E-state index in [9.17, 15) is 9.59 Å². The smallest absolute Gasteiger partial charge is 0.263 e. The van der Waals surface area contributed by atoms with Crippen LogP contribution in [0.5, 0.6) is 11.5 Å². The summed E-state index contributed by atoms with van der Waals surface area (Å²) in [6.45, 7) is 2.32. The van der Waals surface area contributed by atoms with Crippen LogP contribution in [0.25, 0.3) is 0 Å². The number of thiophene rings is 1. The lowest BCUT2D eigenvalue weighted by molar-refractivity contribution is -0.127. The third-order valence-electron chi connectivity index (χ3n) is 6.13. The lowest BCUT2D eigenvalue weighted by Gasteiger charge is -2.33. The normalized spacial score (nSPS) is 21.7. The third kappa shape index (κ3) is 4.03. The van der Waals surface area contributed by atoms with Gasteiger partial charge in [-0.15, -0.1) is 11.3 Å². The van der Waals surface area contributed by atoms with Crippen LogP contribution in [0.2, 0.25) is 0 Å². The number of benzene rings is 1. The Bertz CT molecular complexity index is 925. The molecule has 2 unspecified atom stereocenters. The Labute approximate surface area is 180 Å². The van der Waals surface area contributed by atoms with E-state index in [-0.39, 0.29) is 23.8 Å². The summed E-state index contributed by atoms with van der Waals surface area (Å²) in [5, 5.41) is 5.21. The molecule has 5 rings (SSSR count). The molecule has 7 heteroatoms. The Balaban J connectivity index is 1.27. The molecule has 2 amide bonds. The molecule has 1 saturated carbocycles. The number of nitrogens with zero attached hydrogens (tertiary/aromatic N) is 1. The number of nitrogens with one attached hydrogen (secondary N) is 1. The van der Waals surface area contributed by atoms with Crippen molar-refractivity contribution >= 4 is 23.2 Å². The van der Waals surface area contributed by atoms with Crippen molar-refractivity contribution in [1.82, 2.24) is 10.2 Å². The number of amides is 2. The highest BCUT2D eigenvalue weighted by Gasteiger charge is 2.37. The van der Waals surface area contributed by atoms with E-state index in [1.165, 1.54) is 11.3 Å². The van der Waals surface area contributed by atoms with Crippen molar-refractivity contribution in [3.8, 4) is 11.5 Å². The molecule has 1 saturated heterocycles. The first-order chi connectivity index (χ1) is 14.7. The fourth-order valence-corrected chi connectivity index (χ4v) is 5.05. The topological polar surface area (TPSA) is 67.9 Å². The fourth-order valence-electron chi connectivity index (χ4n) is 4.36. The Kier molecular flexibility index (Phi) is 5.37. The molecule has 2 atom stereocenters. The van der Waals surface area contributed by atoms with Gasteiger partial charge in [0.25, 0.3) is 5.91 Å². The van der Waals surface area contributed by atoms with Crippen molar-refractivity contribution in [3.05, 3.63) is 46.2 Å². The van der Waals surface area contributed by atoms with Gasteiger partial charge < -0.3 is 19.7 Å². The fraction of sp³-hybridized carbons (Fsp3) is 0.478. The number of carbonyl (C=O) groups is 2. The summed E-state index contributed by atoms with van der Waals surface area (Å²) in [4.78, 5) is 28.4. The van der Waals surface area contributed by atoms with Crippen LogP contribution in [0.4, 0.5) is 0 Å². The van der Waals surface area contributed by atoms with Crippen LogP contribution in [-0.4, -0.2) is 43.0 Å². The van der Waals surface area contributed by atoms with Crippen molar-refractivity contribution in [2.45, 2.75) is 31.7 Å². The minimum Gasteiger partial charge on any atom is -0.486 e. The average Bonchev–Trinajstić information content (AvgIpc) is 3.49. The summed E-state index contributed by atoms with van der Waals surface area (Å²) in [7, 11) is 0. The Morgan fingerprint density at radius 1 is 1.10 bits per heavy atom. The first-order valence-corrected chi connectivity index (χ1v) is 11.6. The van der Waals surface area contributed by atoms with Crippen molar-refractivity contribution in [2.75, 3.05) is 26.3 Å². The minimum absolute atomic E-state index is 0.0169. The zero-order chi connectivity index (χ0) is 20.5. The second-order valence-corrected chi connectivity index (χ2v) is 9.24. The van der Waals surface area contributed by atoms with Gasteiger partial charge in [-0.1, -0.05) is 12.1 Å². The molecule has 158 valence electrons. The van der Waals surface area contributed by atoms with E-state index in [1.54, 1.807) is 0 Å². The molecule has 1 N–H and O–H groups in total. The number of piperidine rings is 1. The van der Waals surface area contributed by atoms with Crippen LogP contribution in [0.3, 0.4) is 0 Å². The average molecular weight is 427 g/mol. The Morgan fingerprint density at radius 3 is 2.70 bits per heavy atom. The molecule has 2 fully saturated rings. The number of carbonyl (C=O) groups excluding carboxylic acids is 2. The van der Waals surface area contributed by atoms with Crippen molar-refractivity contribution in [3.63, 3.8) is 0 Å². The van der Waals surface area contributed by atoms with E-state index in [1.807, 2.05) is 40.6 Å². The van der Waals surface area contributed by atoms with Crippen LogP contribution in [-0.2, 0) is 4.79 Å². The maximum Gasteiger partial charge on any atom is 0.263 e. The van der Waals surface area contributed by atoms with E-state index < -0.39 is 0 Å². The van der Waals surface area contributed by atoms with E-state index in [4.69, 9.17) is 9.47 Å². The maximum atomic E-state index is 13.2. The lowest BCUT2D eigenvalue weighted by Crippen LogP contribution is -2.46. The number of likely N-dealkylation sites (tertiary alicyclic amines) is 1. The molecular weight excluding hydrogens is 400 g/mol. The highest BCUT2D eigenvalue weighted by Crippen LogP contribution is 2.43. The SMILES string of the molecule is O=C(NC(c1ccc2c(c1)OCCO2)C1CC1)C1CCCN(C(=O)c2cccs2)C1. The number of hydrogen-bond acceptors (Lipinski definition) is 5. The predicted molar refractivity (Wildman–Crippen MR) is 114 cm³/mol.